The molecule has 5 heterocycles. The minimum atomic E-state index is 0.404. The van der Waals surface area contributed by atoms with Gasteiger partial charge in [-0.15, -0.1) is 0 Å². The smallest absolute Gasteiger partial charge is 0.259 e. The molecule has 0 aromatic carbocycles. The fraction of sp³-hybridized carbons (Fsp3) is 0.263. The molecule has 5 aromatic heterocycles. The van der Waals surface area contributed by atoms with Crippen molar-refractivity contribution < 1.29 is 9.05 Å². The van der Waals surface area contributed by atoms with E-state index in [1.54, 1.807) is 18.6 Å². The molecule has 0 aliphatic carbocycles. The molecule has 5 aromatic rings. The van der Waals surface area contributed by atoms with E-state index in [-0.39, 0.29) is 0 Å². The van der Waals surface area contributed by atoms with Crippen molar-refractivity contribution >= 4 is 16.7 Å². The van der Waals surface area contributed by atoms with E-state index in [1.165, 1.54) is 0 Å². The Morgan fingerprint density at radius 2 is 2.00 bits per heavy atom. The molecule has 0 radical (unpaired) electrons. The number of aryl methyl sites for hydroxylation is 2. The Labute approximate surface area is 159 Å². The van der Waals surface area contributed by atoms with Crippen LogP contribution in [0, 0.1) is 0 Å². The third-order valence-corrected chi connectivity index (χ3v) is 4.62. The molecule has 0 saturated carbocycles. The maximum Gasteiger partial charge on any atom is 0.259 e. The van der Waals surface area contributed by atoms with Crippen molar-refractivity contribution in [3.05, 3.63) is 42.2 Å². The van der Waals surface area contributed by atoms with Crippen LogP contribution in [-0.2, 0) is 12.8 Å². The Bertz CT molecular complexity index is 1280. The lowest BCUT2D eigenvalue weighted by Gasteiger charge is -2.02. The van der Waals surface area contributed by atoms with E-state index in [0.717, 1.165) is 47.3 Å². The number of imidazole rings is 1. The first-order valence-electron chi connectivity index (χ1n) is 9.18. The van der Waals surface area contributed by atoms with E-state index in [2.05, 4.69) is 37.2 Å². The zero-order chi connectivity index (χ0) is 19.1. The Balaban J connectivity index is 1.68. The van der Waals surface area contributed by atoms with Crippen molar-refractivity contribution in [1.82, 2.24) is 34.6 Å². The normalized spacial score (nSPS) is 11.6. The Hall–Kier alpha value is -3.62. The van der Waals surface area contributed by atoms with Gasteiger partial charge in [0.15, 0.2) is 5.65 Å². The minimum absolute atomic E-state index is 0.404. The van der Waals surface area contributed by atoms with Gasteiger partial charge in [-0.25, -0.2) is 9.97 Å². The molecule has 9 nitrogen and oxygen atoms in total. The molecular formula is C19H17N7O2. The van der Waals surface area contributed by atoms with Crippen molar-refractivity contribution in [1.29, 1.82) is 0 Å². The highest BCUT2D eigenvalue weighted by molar-refractivity contribution is 5.91. The van der Waals surface area contributed by atoms with Crippen molar-refractivity contribution in [2.45, 2.75) is 33.1 Å². The second-order valence-corrected chi connectivity index (χ2v) is 6.45. The van der Waals surface area contributed by atoms with Crippen LogP contribution < -0.4 is 0 Å². The number of fused-ring (bicyclic) bond motifs is 2. The lowest BCUT2D eigenvalue weighted by molar-refractivity contribution is 0.432. The summed E-state index contributed by atoms with van der Waals surface area (Å²) < 4.78 is 13.0. The zero-order valence-electron chi connectivity index (χ0n) is 15.5. The number of hydrogen-bond acceptors (Lipinski definition) is 8. The van der Waals surface area contributed by atoms with Crippen LogP contribution in [-0.4, -0.2) is 34.6 Å². The summed E-state index contributed by atoms with van der Waals surface area (Å²) in [6.45, 7) is 4.13. The molecule has 0 atom stereocenters. The van der Waals surface area contributed by atoms with E-state index in [1.807, 2.05) is 23.6 Å². The van der Waals surface area contributed by atoms with Crippen molar-refractivity contribution in [3.63, 3.8) is 0 Å². The van der Waals surface area contributed by atoms with E-state index in [4.69, 9.17) is 9.05 Å². The lowest BCUT2D eigenvalue weighted by Crippen LogP contribution is -1.93. The molecule has 5 rings (SSSR count). The molecule has 0 aliphatic heterocycles. The molecule has 28 heavy (non-hydrogen) atoms. The molecule has 0 fully saturated rings. The number of nitrogens with zero attached hydrogens (tertiary/aromatic N) is 7. The molecule has 0 spiro atoms. The summed E-state index contributed by atoms with van der Waals surface area (Å²) in [7, 11) is 0. The summed E-state index contributed by atoms with van der Waals surface area (Å²) in [6, 6.07) is 1.97. The van der Waals surface area contributed by atoms with Gasteiger partial charge in [-0.05, 0) is 18.9 Å². The van der Waals surface area contributed by atoms with Gasteiger partial charge in [0, 0.05) is 18.1 Å². The SMILES string of the molecule is CCCc1noc2nc(CC)cc(-c3nc(-c4cnc5cnccn45)no3)c12. The topological polar surface area (TPSA) is 108 Å². The summed E-state index contributed by atoms with van der Waals surface area (Å²) in [5.41, 5.74) is 4.46. The van der Waals surface area contributed by atoms with Crippen LogP contribution in [0.3, 0.4) is 0 Å². The summed E-state index contributed by atoms with van der Waals surface area (Å²) in [5.74, 6) is 0.854. The Morgan fingerprint density at radius 3 is 2.86 bits per heavy atom. The fourth-order valence-electron chi connectivity index (χ4n) is 3.26. The largest absolute Gasteiger partial charge is 0.336 e. The highest BCUT2D eigenvalue weighted by Gasteiger charge is 2.21. The van der Waals surface area contributed by atoms with Gasteiger partial charge >= 0.3 is 0 Å². The highest BCUT2D eigenvalue weighted by atomic mass is 16.5. The van der Waals surface area contributed by atoms with Crippen LogP contribution in [0.1, 0.15) is 31.7 Å². The van der Waals surface area contributed by atoms with E-state index < -0.39 is 0 Å². The highest BCUT2D eigenvalue weighted by Crippen LogP contribution is 2.32. The van der Waals surface area contributed by atoms with Crippen LogP contribution in [0.15, 0.2) is 39.9 Å². The zero-order valence-corrected chi connectivity index (χ0v) is 15.5. The summed E-state index contributed by atoms with van der Waals surface area (Å²) in [6.07, 6.45) is 9.37. The standard InChI is InChI=1S/C19H17N7O2/c1-3-5-13-16-12(8-11(4-2)22-19(16)28-24-13)18-23-17(25-27-18)14-9-21-15-10-20-6-7-26(14)15/h6-10H,3-5H2,1-2H3. The average molecular weight is 375 g/mol. The molecule has 0 N–H and O–H groups in total. The van der Waals surface area contributed by atoms with Gasteiger partial charge in [-0.2, -0.15) is 4.98 Å². The van der Waals surface area contributed by atoms with E-state index >= 15 is 0 Å². The maximum atomic E-state index is 5.62. The molecule has 0 aliphatic rings. The molecule has 9 heteroatoms. The van der Waals surface area contributed by atoms with Gasteiger partial charge in [-0.3, -0.25) is 9.38 Å². The quantitative estimate of drug-likeness (QED) is 0.459. The monoisotopic (exact) mass is 375 g/mol. The first-order chi connectivity index (χ1) is 13.8. The van der Waals surface area contributed by atoms with Gasteiger partial charge in [0.1, 0.15) is 5.69 Å². The Kier molecular flexibility index (Phi) is 3.85. The van der Waals surface area contributed by atoms with Gasteiger partial charge in [-0.1, -0.05) is 30.6 Å². The van der Waals surface area contributed by atoms with Gasteiger partial charge in [0.25, 0.3) is 11.6 Å². The fourth-order valence-corrected chi connectivity index (χ4v) is 3.26. The maximum absolute atomic E-state index is 5.62. The van der Waals surface area contributed by atoms with Gasteiger partial charge < -0.3 is 9.05 Å². The van der Waals surface area contributed by atoms with Crippen LogP contribution >= 0.6 is 0 Å². The van der Waals surface area contributed by atoms with Crippen LogP contribution in [0.5, 0.6) is 0 Å². The van der Waals surface area contributed by atoms with Gasteiger partial charge in [0.2, 0.25) is 5.82 Å². The molecule has 0 unspecified atom stereocenters. The predicted molar refractivity (Wildman–Crippen MR) is 100 cm³/mol. The van der Waals surface area contributed by atoms with E-state index in [9.17, 15) is 0 Å². The Morgan fingerprint density at radius 1 is 1.07 bits per heavy atom. The third kappa shape index (κ3) is 2.55. The first-order valence-corrected chi connectivity index (χ1v) is 9.18. The van der Waals surface area contributed by atoms with Gasteiger partial charge in [0.05, 0.1) is 29.0 Å². The minimum Gasteiger partial charge on any atom is -0.336 e. The van der Waals surface area contributed by atoms with E-state index in [0.29, 0.717) is 23.1 Å². The van der Waals surface area contributed by atoms with Crippen LogP contribution in [0.2, 0.25) is 0 Å². The number of pyridine rings is 1. The number of aromatic nitrogens is 7. The molecule has 0 bridgehead atoms. The molecular weight excluding hydrogens is 358 g/mol. The second-order valence-electron chi connectivity index (χ2n) is 6.45. The summed E-state index contributed by atoms with van der Waals surface area (Å²) in [5, 5.41) is 9.19. The number of rotatable bonds is 5. The van der Waals surface area contributed by atoms with Crippen LogP contribution in [0.4, 0.5) is 0 Å². The predicted octanol–water partition coefficient (Wildman–Crippen LogP) is 3.50. The lowest BCUT2D eigenvalue weighted by atomic mass is 10.1. The molecule has 0 amide bonds. The van der Waals surface area contributed by atoms with Crippen molar-refractivity contribution in [2.24, 2.45) is 0 Å². The van der Waals surface area contributed by atoms with Crippen molar-refractivity contribution in [2.75, 3.05) is 0 Å². The molecule has 140 valence electrons. The summed E-state index contributed by atoms with van der Waals surface area (Å²) >= 11 is 0. The van der Waals surface area contributed by atoms with Crippen LogP contribution in [0.25, 0.3) is 39.7 Å². The second kappa shape index (κ2) is 6.52. The summed E-state index contributed by atoms with van der Waals surface area (Å²) in [4.78, 5) is 17.6. The van der Waals surface area contributed by atoms with Crippen molar-refractivity contribution in [3.8, 4) is 23.0 Å². The number of hydrogen-bond donors (Lipinski definition) is 0. The average Bonchev–Trinajstić information content (AvgIpc) is 3.45. The molecule has 0 saturated heterocycles. The third-order valence-electron chi connectivity index (χ3n) is 4.62. The first kappa shape index (κ1) is 16.5.